The van der Waals surface area contributed by atoms with Crippen molar-refractivity contribution in [2.75, 3.05) is 13.2 Å². The zero-order chi connectivity index (χ0) is 30.5. The van der Waals surface area contributed by atoms with Gasteiger partial charge in [-0.2, -0.15) is 0 Å². The molecule has 7 nitrogen and oxygen atoms in total. The van der Waals surface area contributed by atoms with Crippen molar-refractivity contribution in [3.05, 3.63) is 97.3 Å². The quantitative estimate of drug-likeness (QED) is 0.121. The largest absolute Gasteiger partial charge is 0.494 e. The molecule has 2 aromatic rings. The Hall–Kier alpha value is -3.84. The smallest absolute Gasteiger partial charge is 0.246 e. The van der Waals surface area contributed by atoms with Gasteiger partial charge < -0.3 is 25.4 Å². The van der Waals surface area contributed by atoms with Crippen LogP contribution in [0.25, 0.3) is 0 Å². The third-order valence-electron chi connectivity index (χ3n) is 6.04. The molecule has 0 aromatic heterocycles. The molecule has 0 unspecified atom stereocenters. The number of nitrogens with two attached hydrogens (primary N) is 1. The van der Waals surface area contributed by atoms with E-state index in [1.54, 1.807) is 29.4 Å². The minimum atomic E-state index is -0.614. The monoisotopic (exact) mass is 563 g/mol. The van der Waals surface area contributed by atoms with Crippen molar-refractivity contribution < 1.29 is 19.1 Å². The number of benzene rings is 2. The number of nitrogens with one attached hydrogen (secondary N) is 1. The first-order valence-electron chi connectivity index (χ1n) is 14.6. The van der Waals surface area contributed by atoms with E-state index in [1.165, 1.54) is 0 Å². The number of carbonyl (C=O) groups is 2. The van der Waals surface area contributed by atoms with Crippen molar-refractivity contribution in [2.45, 2.75) is 78.4 Å². The zero-order valence-corrected chi connectivity index (χ0v) is 25.3. The highest BCUT2D eigenvalue weighted by molar-refractivity contribution is 5.97. The van der Waals surface area contributed by atoms with Gasteiger partial charge in [0.05, 0.1) is 12.9 Å². The van der Waals surface area contributed by atoms with Gasteiger partial charge in [0, 0.05) is 13.0 Å². The Bertz CT molecular complexity index is 1060. The van der Waals surface area contributed by atoms with Crippen LogP contribution < -0.4 is 20.5 Å². The van der Waals surface area contributed by atoms with Gasteiger partial charge in [-0.25, -0.2) is 0 Å². The number of amides is 2. The topological polar surface area (TPSA) is 93.9 Å². The van der Waals surface area contributed by atoms with E-state index < -0.39 is 12.1 Å². The fraction of sp³-hybridized carbons (Fsp3) is 0.412. The molecule has 1 fully saturated rings. The van der Waals surface area contributed by atoms with Crippen LogP contribution in [0.15, 0.2) is 86.2 Å². The predicted molar refractivity (Wildman–Crippen MR) is 169 cm³/mol. The number of unbranched alkanes of at least 4 members (excludes halogenated alkanes) is 1. The number of piperazine rings is 1. The van der Waals surface area contributed by atoms with E-state index in [2.05, 4.69) is 25.4 Å². The Morgan fingerprint density at radius 3 is 2.17 bits per heavy atom. The third kappa shape index (κ3) is 12.5. The second kappa shape index (κ2) is 21.0. The molecule has 0 aliphatic carbocycles. The van der Waals surface area contributed by atoms with Crippen molar-refractivity contribution >= 4 is 11.8 Å². The highest BCUT2D eigenvalue weighted by atomic mass is 16.5. The van der Waals surface area contributed by atoms with E-state index in [0.717, 1.165) is 36.1 Å². The summed E-state index contributed by atoms with van der Waals surface area (Å²) in [4.78, 5) is 28.4. The number of nitrogens with zero attached hydrogens (tertiary/aromatic N) is 1. The lowest BCUT2D eigenvalue weighted by molar-refractivity contribution is -0.150. The van der Waals surface area contributed by atoms with Gasteiger partial charge in [-0.3, -0.25) is 9.59 Å². The highest BCUT2D eigenvalue weighted by Gasteiger charge is 2.40. The molecular formula is C34H49N3O4. The summed E-state index contributed by atoms with van der Waals surface area (Å²) in [6.45, 7) is 16.5. The van der Waals surface area contributed by atoms with Crippen molar-refractivity contribution in [2.24, 2.45) is 5.73 Å². The van der Waals surface area contributed by atoms with E-state index in [1.807, 2.05) is 69.3 Å². The number of hydrogen-bond acceptors (Lipinski definition) is 5. The Kier molecular flexibility index (Phi) is 18.0. The maximum absolute atomic E-state index is 13.6. The van der Waals surface area contributed by atoms with Gasteiger partial charge in [0.1, 0.15) is 23.6 Å². The van der Waals surface area contributed by atoms with Crippen LogP contribution in [0, 0.1) is 0 Å². The molecule has 7 heteroatoms. The van der Waals surface area contributed by atoms with Gasteiger partial charge in [0.15, 0.2) is 0 Å². The Labute approximate surface area is 247 Å². The predicted octanol–water partition coefficient (Wildman–Crippen LogP) is 6.34. The van der Waals surface area contributed by atoms with Crippen LogP contribution in [-0.2, 0) is 22.6 Å². The molecule has 3 rings (SSSR count). The van der Waals surface area contributed by atoms with Crippen LogP contribution in [-0.4, -0.2) is 41.9 Å². The molecule has 2 aromatic carbocycles. The van der Waals surface area contributed by atoms with E-state index in [9.17, 15) is 9.59 Å². The summed E-state index contributed by atoms with van der Waals surface area (Å²) in [5.41, 5.74) is 7.55. The van der Waals surface area contributed by atoms with E-state index >= 15 is 0 Å². The second-order valence-corrected chi connectivity index (χ2v) is 9.26. The fourth-order valence-corrected chi connectivity index (χ4v) is 4.14. The second-order valence-electron chi connectivity index (χ2n) is 9.26. The number of ether oxygens (including phenoxy) is 2. The standard InChI is InChI=1S/C29H37N3O4.C3H6.C2H6/c1-3-5-19-36-25-15-11-23(12-16-25)21-32-27(8-6-7-17-30)28(33)31-26(29(32)34)20-22-9-13-24(14-10-22)35-18-4-2;1-3-2;1-2/h3,5,9-16,19,26-27H,1,4,6-8,17-18,20-21,30H2,2H3,(H,31,33);3H,1H2,2H3;1-2H3/b19-5+;;/t26-,27-;;/m0../s1. The first-order chi connectivity index (χ1) is 20.0. The first kappa shape index (κ1) is 35.2. The van der Waals surface area contributed by atoms with Crippen LogP contribution in [0.1, 0.15) is 64.5 Å². The molecular weight excluding hydrogens is 514 g/mol. The third-order valence-corrected chi connectivity index (χ3v) is 6.04. The van der Waals surface area contributed by atoms with Crippen molar-refractivity contribution in [3.63, 3.8) is 0 Å². The van der Waals surface area contributed by atoms with Gasteiger partial charge >= 0.3 is 0 Å². The lowest BCUT2D eigenvalue weighted by atomic mass is 9.97. The molecule has 0 spiro atoms. The van der Waals surface area contributed by atoms with Crippen LogP contribution >= 0.6 is 0 Å². The van der Waals surface area contributed by atoms with E-state index in [-0.39, 0.29) is 11.8 Å². The van der Waals surface area contributed by atoms with Gasteiger partial charge in [0.25, 0.3) is 0 Å². The molecule has 41 heavy (non-hydrogen) atoms. The van der Waals surface area contributed by atoms with Crippen molar-refractivity contribution in [3.8, 4) is 11.5 Å². The maximum Gasteiger partial charge on any atom is 0.246 e. The van der Waals surface area contributed by atoms with Crippen LogP contribution in [0.4, 0.5) is 0 Å². The summed E-state index contributed by atoms with van der Waals surface area (Å²) >= 11 is 0. The molecule has 2 amide bonds. The van der Waals surface area contributed by atoms with Crippen LogP contribution in [0.3, 0.4) is 0 Å². The fourth-order valence-electron chi connectivity index (χ4n) is 4.14. The van der Waals surface area contributed by atoms with Crippen LogP contribution in [0.5, 0.6) is 11.5 Å². The molecule has 0 bridgehead atoms. The molecule has 0 saturated carbocycles. The summed E-state index contributed by atoms with van der Waals surface area (Å²) in [7, 11) is 0. The average molecular weight is 564 g/mol. The summed E-state index contributed by atoms with van der Waals surface area (Å²) in [5.74, 6) is 1.29. The van der Waals surface area contributed by atoms with E-state index in [0.29, 0.717) is 38.3 Å². The van der Waals surface area contributed by atoms with E-state index in [4.69, 9.17) is 15.2 Å². The molecule has 1 saturated heterocycles. The normalized spacial score (nSPS) is 16.1. The molecule has 224 valence electrons. The molecule has 3 N–H and O–H groups in total. The summed E-state index contributed by atoms with van der Waals surface area (Å²) in [6, 6.07) is 14.1. The number of rotatable bonds is 14. The number of hydrogen-bond donors (Lipinski definition) is 2. The van der Waals surface area contributed by atoms with Crippen molar-refractivity contribution in [1.29, 1.82) is 0 Å². The maximum atomic E-state index is 13.6. The highest BCUT2D eigenvalue weighted by Crippen LogP contribution is 2.23. The summed E-state index contributed by atoms with van der Waals surface area (Å²) < 4.78 is 11.2. The minimum Gasteiger partial charge on any atom is -0.494 e. The lowest BCUT2D eigenvalue weighted by Gasteiger charge is -2.39. The van der Waals surface area contributed by atoms with Gasteiger partial charge in [-0.1, -0.05) is 63.8 Å². The molecule has 1 aliphatic rings. The Morgan fingerprint density at radius 2 is 1.59 bits per heavy atom. The lowest BCUT2D eigenvalue weighted by Crippen LogP contribution is -2.63. The van der Waals surface area contributed by atoms with Gasteiger partial charge in [-0.05, 0) is 80.6 Å². The summed E-state index contributed by atoms with van der Waals surface area (Å²) in [6.07, 6.45) is 10.2. The van der Waals surface area contributed by atoms with Crippen molar-refractivity contribution in [1.82, 2.24) is 10.2 Å². The average Bonchev–Trinajstić information content (AvgIpc) is 2.99. The number of carbonyl (C=O) groups excluding carboxylic acids is 2. The Balaban J connectivity index is 0.00000157. The number of allylic oxidation sites excluding steroid dienone is 3. The Morgan fingerprint density at radius 1 is 0.976 bits per heavy atom. The molecule has 2 atom stereocenters. The van der Waals surface area contributed by atoms with Gasteiger partial charge in [-0.15, -0.1) is 6.58 Å². The van der Waals surface area contributed by atoms with Crippen LogP contribution in [0.2, 0.25) is 0 Å². The summed E-state index contributed by atoms with van der Waals surface area (Å²) in [5, 5.41) is 2.97. The minimum absolute atomic E-state index is 0.0760. The molecule has 1 aliphatic heterocycles. The molecule has 0 radical (unpaired) electrons. The SMILES string of the molecule is C=C/C=C/Oc1ccc(CN2C(=O)[C@H](Cc3ccc(OCCC)cc3)NC(=O)[C@@H]2CCCCN)cc1.C=CC.CC. The molecule has 1 heterocycles. The van der Waals surface area contributed by atoms with Gasteiger partial charge in [0.2, 0.25) is 11.8 Å². The first-order valence-corrected chi connectivity index (χ1v) is 14.6. The zero-order valence-electron chi connectivity index (χ0n) is 25.3.